The molecule has 3 rings (SSSR count). The molecule has 0 aliphatic carbocycles. The number of carbonyl (C=O) groups is 1. The van der Waals surface area contributed by atoms with E-state index in [-0.39, 0.29) is 35.6 Å². The second kappa shape index (κ2) is 17.6. The van der Waals surface area contributed by atoms with E-state index in [1.807, 2.05) is 80.6 Å². The lowest BCUT2D eigenvalue weighted by atomic mass is 9.91. The molecule has 2 aromatic rings. The van der Waals surface area contributed by atoms with Gasteiger partial charge in [-0.25, -0.2) is 0 Å². The summed E-state index contributed by atoms with van der Waals surface area (Å²) in [5, 5.41) is -0.0287. The van der Waals surface area contributed by atoms with Crippen LogP contribution in [0.2, 0.25) is 18.1 Å². The molecule has 8 heteroatoms. The molecule has 0 bridgehead atoms. The second-order valence-electron chi connectivity index (χ2n) is 14.5. The maximum atomic E-state index is 13.7. The first-order valence-electron chi connectivity index (χ1n) is 17.0. The molecule has 0 saturated carbocycles. The third-order valence-corrected chi connectivity index (χ3v) is 14.2. The van der Waals surface area contributed by atoms with Crippen LogP contribution in [0.1, 0.15) is 78.2 Å². The fourth-order valence-electron chi connectivity index (χ4n) is 5.44. The molecule has 1 aliphatic heterocycles. The van der Waals surface area contributed by atoms with E-state index in [1.54, 1.807) is 13.2 Å². The molecule has 7 nitrogen and oxygen atoms in total. The first-order chi connectivity index (χ1) is 22.6. The van der Waals surface area contributed by atoms with E-state index in [0.717, 1.165) is 22.4 Å². The lowest BCUT2D eigenvalue weighted by Gasteiger charge is -2.40. The van der Waals surface area contributed by atoms with Crippen LogP contribution in [-0.2, 0) is 34.8 Å². The van der Waals surface area contributed by atoms with E-state index in [2.05, 4.69) is 53.9 Å². The summed E-state index contributed by atoms with van der Waals surface area (Å²) in [7, 11) is -0.577. The lowest BCUT2D eigenvalue weighted by molar-refractivity contribution is -0.151. The van der Waals surface area contributed by atoms with Crippen LogP contribution in [-0.4, -0.2) is 51.9 Å². The quantitative estimate of drug-likeness (QED) is 0.0673. The van der Waals surface area contributed by atoms with Crippen LogP contribution in [0.15, 0.2) is 91.6 Å². The summed E-state index contributed by atoms with van der Waals surface area (Å²) in [6, 6.07) is 17.7. The Labute approximate surface area is 290 Å². The fraction of sp³-hybridized carbons (Fsp3) is 0.525. The molecule has 2 aromatic carbocycles. The minimum atomic E-state index is -2.22. The summed E-state index contributed by atoms with van der Waals surface area (Å²) in [4.78, 5) is 13.7. The van der Waals surface area contributed by atoms with Crippen LogP contribution in [0.3, 0.4) is 0 Å². The highest BCUT2D eigenvalue weighted by molar-refractivity contribution is 6.74. The van der Waals surface area contributed by atoms with E-state index in [4.69, 9.17) is 28.1 Å². The van der Waals surface area contributed by atoms with Crippen molar-refractivity contribution in [3.63, 3.8) is 0 Å². The molecule has 0 unspecified atom stereocenters. The van der Waals surface area contributed by atoms with Gasteiger partial charge in [0.2, 0.25) is 0 Å². The molecule has 0 spiro atoms. The molecule has 1 fully saturated rings. The Morgan fingerprint density at radius 1 is 1.08 bits per heavy atom. The third kappa shape index (κ3) is 11.0. The topological polar surface area (TPSA) is 72.5 Å². The predicted molar refractivity (Wildman–Crippen MR) is 195 cm³/mol. The van der Waals surface area contributed by atoms with Crippen LogP contribution in [0.4, 0.5) is 0 Å². The highest BCUT2D eigenvalue weighted by atomic mass is 28.4. The normalized spacial score (nSPS) is 22.1. The van der Waals surface area contributed by atoms with Crippen molar-refractivity contribution in [2.24, 2.45) is 5.92 Å². The van der Waals surface area contributed by atoms with Crippen LogP contribution in [0, 0.1) is 5.92 Å². The number of hydrogen-bond acceptors (Lipinski definition) is 7. The average molecular weight is 679 g/mol. The van der Waals surface area contributed by atoms with Gasteiger partial charge in [0.15, 0.2) is 14.6 Å². The summed E-state index contributed by atoms with van der Waals surface area (Å²) in [6.07, 6.45) is 5.34. The number of carbonyl (C=O) groups excluding carboxylic acids is 1. The molecule has 0 amide bonds. The average Bonchev–Trinajstić information content (AvgIpc) is 3.40. The third-order valence-electron chi connectivity index (χ3n) is 9.67. The SMILES string of the molecule is C=C[C@@H]1O[C@H](c2ccccc2)O[C@]1(C)CC[C@H](CC(=O)O[C@H](C(C)=CCOCc1ccc(OC)cc1)[C@@H](C)C=C)O[Si](C)(C)C(C)(C)C. The highest BCUT2D eigenvalue weighted by Crippen LogP contribution is 2.43. The van der Waals surface area contributed by atoms with Gasteiger partial charge in [-0.1, -0.05) is 88.4 Å². The van der Waals surface area contributed by atoms with Gasteiger partial charge in [0, 0.05) is 11.5 Å². The summed E-state index contributed by atoms with van der Waals surface area (Å²) >= 11 is 0. The van der Waals surface area contributed by atoms with Crippen molar-refractivity contribution in [1.29, 1.82) is 0 Å². The van der Waals surface area contributed by atoms with E-state index in [1.165, 1.54) is 0 Å². The zero-order valence-electron chi connectivity index (χ0n) is 30.6. The summed E-state index contributed by atoms with van der Waals surface area (Å²) < 4.78 is 37.0. The molecule has 0 radical (unpaired) electrons. The molecule has 1 saturated heterocycles. The molecule has 48 heavy (non-hydrogen) atoms. The van der Waals surface area contributed by atoms with Crippen molar-refractivity contribution in [3.05, 3.63) is 103 Å². The van der Waals surface area contributed by atoms with Crippen molar-refractivity contribution in [1.82, 2.24) is 0 Å². The van der Waals surface area contributed by atoms with Crippen molar-refractivity contribution < 1.29 is 32.9 Å². The van der Waals surface area contributed by atoms with Gasteiger partial charge < -0.3 is 28.1 Å². The number of methoxy groups -OCH3 is 1. The molecule has 1 aliphatic rings. The van der Waals surface area contributed by atoms with E-state index in [0.29, 0.717) is 26.1 Å². The van der Waals surface area contributed by atoms with Crippen LogP contribution in [0.5, 0.6) is 5.75 Å². The molecule has 0 N–H and O–H groups in total. The Hall–Kier alpha value is -3.01. The Balaban J connectivity index is 1.70. The van der Waals surface area contributed by atoms with E-state index < -0.39 is 26.3 Å². The van der Waals surface area contributed by atoms with Crippen LogP contribution < -0.4 is 4.74 Å². The van der Waals surface area contributed by atoms with Gasteiger partial charge in [-0.15, -0.1) is 13.2 Å². The summed E-state index contributed by atoms with van der Waals surface area (Å²) in [6.45, 7) is 25.9. The predicted octanol–water partition coefficient (Wildman–Crippen LogP) is 9.51. The zero-order chi connectivity index (χ0) is 35.5. The second-order valence-corrected chi connectivity index (χ2v) is 19.3. The molecular weight excluding hydrogens is 621 g/mol. The van der Waals surface area contributed by atoms with Crippen molar-refractivity contribution in [2.75, 3.05) is 13.7 Å². The largest absolute Gasteiger partial charge is 0.497 e. The highest BCUT2D eigenvalue weighted by Gasteiger charge is 2.46. The van der Waals surface area contributed by atoms with Gasteiger partial charge in [-0.05, 0) is 68.1 Å². The number of hydrogen-bond donors (Lipinski definition) is 0. The molecule has 264 valence electrons. The van der Waals surface area contributed by atoms with Crippen molar-refractivity contribution >= 4 is 14.3 Å². The summed E-state index contributed by atoms with van der Waals surface area (Å²) in [5.74, 6) is 0.417. The Morgan fingerprint density at radius 3 is 2.33 bits per heavy atom. The van der Waals surface area contributed by atoms with Gasteiger partial charge in [-0.3, -0.25) is 4.79 Å². The minimum absolute atomic E-state index is 0.0287. The first kappa shape index (κ1) is 39.4. The van der Waals surface area contributed by atoms with Gasteiger partial charge in [0.05, 0.1) is 38.4 Å². The molecular formula is C40H58O7Si. The van der Waals surface area contributed by atoms with Crippen molar-refractivity contribution in [3.8, 4) is 5.75 Å². The fourth-order valence-corrected chi connectivity index (χ4v) is 6.83. The number of benzene rings is 2. The van der Waals surface area contributed by atoms with E-state index in [9.17, 15) is 4.79 Å². The Kier molecular flexibility index (Phi) is 14.4. The Morgan fingerprint density at radius 2 is 1.75 bits per heavy atom. The molecule has 1 heterocycles. The summed E-state index contributed by atoms with van der Waals surface area (Å²) in [5.41, 5.74) is 2.29. The zero-order valence-corrected chi connectivity index (χ0v) is 31.6. The van der Waals surface area contributed by atoms with Gasteiger partial charge in [0.25, 0.3) is 0 Å². The smallest absolute Gasteiger partial charge is 0.308 e. The van der Waals surface area contributed by atoms with Gasteiger partial charge in [0.1, 0.15) is 18.0 Å². The number of esters is 1. The number of ether oxygens (including phenoxy) is 5. The number of rotatable bonds is 18. The van der Waals surface area contributed by atoms with E-state index >= 15 is 0 Å². The standard InChI is InChI=1S/C40H58O7Si/c1-12-29(3)37(30(4)24-26-43-28-31-19-21-33(42-9)22-20-31)45-36(41)27-34(47-48(10,11)39(5,6)7)23-25-40(8)35(13-2)44-38(46-40)32-17-15-14-16-18-32/h12-22,24,29,34-35,37-38H,1-2,23,25-28H2,3-11H3/t29-,34+,35-,37-,38-,40+/m0/s1. The molecule has 6 atom stereocenters. The maximum Gasteiger partial charge on any atom is 0.308 e. The molecule has 0 aromatic heterocycles. The van der Waals surface area contributed by atoms with Crippen LogP contribution >= 0.6 is 0 Å². The van der Waals surface area contributed by atoms with Crippen LogP contribution in [0.25, 0.3) is 0 Å². The van der Waals surface area contributed by atoms with Gasteiger partial charge in [-0.2, -0.15) is 0 Å². The monoisotopic (exact) mass is 678 g/mol. The van der Waals surface area contributed by atoms with Crippen molar-refractivity contribution in [2.45, 2.75) is 116 Å². The maximum absolute atomic E-state index is 13.7. The Bertz CT molecular complexity index is 1350. The minimum Gasteiger partial charge on any atom is -0.497 e. The lowest BCUT2D eigenvalue weighted by Crippen LogP contribution is -2.45. The first-order valence-corrected chi connectivity index (χ1v) is 19.9. The van der Waals surface area contributed by atoms with Gasteiger partial charge >= 0.3 is 5.97 Å².